The summed E-state index contributed by atoms with van der Waals surface area (Å²) in [5, 5.41) is 3.09. The quantitative estimate of drug-likeness (QED) is 0.712. The number of nitrogens with two attached hydrogens (primary N) is 2. The maximum atomic E-state index is 12.4. The summed E-state index contributed by atoms with van der Waals surface area (Å²) in [6, 6.07) is 1.19. The molecule has 1 heterocycles. The first kappa shape index (κ1) is 12.3. The molecule has 5 nitrogen and oxygen atoms in total. The molecule has 84 valence electrons. The number of thiophene rings is 1. The lowest BCUT2D eigenvalue weighted by molar-refractivity contribution is 0.0969. The van der Waals surface area contributed by atoms with Crippen molar-refractivity contribution in [1.29, 1.82) is 0 Å². The Balaban J connectivity index is 2.92. The molecule has 0 bridgehead atoms. The Labute approximate surface area is 88.0 Å². The van der Waals surface area contributed by atoms with Crippen LogP contribution in [-0.2, 0) is 4.57 Å². The number of amides is 1. The summed E-state index contributed by atoms with van der Waals surface area (Å²) in [6.07, 6.45) is -2.76. The molecule has 0 fully saturated rings. The van der Waals surface area contributed by atoms with E-state index in [1.54, 1.807) is 5.09 Å². The normalized spacial score (nSPS) is 11.8. The van der Waals surface area contributed by atoms with Crippen molar-refractivity contribution in [3.8, 4) is 0 Å². The Bertz CT molecular complexity index is 416. The number of hydrogen-bond acceptors (Lipinski definition) is 3. The van der Waals surface area contributed by atoms with Crippen LogP contribution >= 0.6 is 18.9 Å². The van der Waals surface area contributed by atoms with Gasteiger partial charge in [-0.25, -0.2) is 8.78 Å². The minimum Gasteiger partial charge on any atom is -0.279 e. The van der Waals surface area contributed by atoms with Crippen molar-refractivity contribution in [3.05, 3.63) is 21.9 Å². The van der Waals surface area contributed by atoms with Crippen molar-refractivity contribution in [3.63, 3.8) is 0 Å². The summed E-state index contributed by atoms with van der Waals surface area (Å²) in [5.74, 6) is -0.958. The molecule has 0 atom stereocenters. The first-order valence-electron chi connectivity index (χ1n) is 3.66. The summed E-state index contributed by atoms with van der Waals surface area (Å²) >= 11 is 0.730. The lowest BCUT2D eigenvalue weighted by Crippen LogP contribution is -2.28. The van der Waals surface area contributed by atoms with Gasteiger partial charge in [-0.1, -0.05) is 0 Å². The SMILES string of the molecule is NP(N)(=O)NC(=O)c1ccsc1C(F)F. The third-order valence-corrected chi connectivity index (χ3v) is 2.89. The molecule has 9 heteroatoms. The summed E-state index contributed by atoms with van der Waals surface area (Å²) in [7, 11) is -3.75. The number of alkyl halides is 2. The minimum absolute atomic E-state index is 0.258. The number of rotatable bonds is 3. The van der Waals surface area contributed by atoms with Crippen LogP contribution in [0.3, 0.4) is 0 Å². The van der Waals surface area contributed by atoms with Gasteiger partial charge in [-0.15, -0.1) is 11.3 Å². The average Bonchev–Trinajstić information content (AvgIpc) is 2.47. The largest absolute Gasteiger partial charge is 0.300 e. The lowest BCUT2D eigenvalue weighted by Gasteiger charge is -2.08. The van der Waals surface area contributed by atoms with E-state index in [-0.39, 0.29) is 5.56 Å². The van der Waals surface area contributed by atoms with Gasteiger partial charge in [-0.3, -0.25) is 25.5 Å². The highest BCUT2D eigenvalue weighted by molar-refractivity contribution is 7.57. The number of hydrogen-bond donors (Lipinski definition) is 3. The minimum atomic E-state index is -3.75. The summed E-state index contributed by atoms with van der Waals surface area (Å²) in [6.45, 7) is 0. The number of carbonyl (C=O) groups excluding carboxylic acids is 1. The molecule has 0 aromatic carbocycles. The highest BCUT2D eigenvalue weighted by atomic mass is 32.1. The Morgan fingerprint density at radius 1 is 1.53 bits per heavy atom. The van der Waals surface area contributed by atoms with E-state index in [4.69, 9.17) is 11.0 Å². The van der Waals surface area contributed by atoms with E-state index < -0.39 is 24.8 Å². The van der Waals surface area contributed by atoms with Crippen molar-refractivity contribution in [2.24, 2.45) is 11.0 Å². The van der Waals surface area contributed by atoms with Crippen LogP contribution in [0.2, 0.25) is 0 Å². The molecule has 0 spiro atoms. The Morgan fingerprint density at radius 3 is 2.60 bits per heavy atom. The van der Waals surface area contributed by atoms with Gasteiger partial charge in [0.15, 0.2) is 0 Å². The predicted octanol–water partition coefficient (Wildman–Crippen LogP) is 1.44. The summed E-state index contributed by atoms with van der Waals surface area (Å²) in [5.41, 5.74) is 9.51. The van der Waals surface area contributed by atoms with Crippen LogP contribution in [-0.4, -0.2) is 5.91 Å². The zero-order valence-electron chi connectivity index (χ0n) is 7.31. The van der Waals surface area contributed by atoms with Gasteiger partial charge in [0.05, 0.1) is 10.4 Å². The van der Waals surface area contributed by atoms with Crippen molar-refractivity contribution < 1.29 is 18.1 Å². The standard InChI is InChI=1S/C6H8F2N3O2PS/c7-5(8)4-3(1-2-15-4)6(12)11-14(9,10)13/h1-2,5H,(H5,9,10,11,12,13). The van der Waals surface area contributed by atoms with Gasteiger partial charge < -0.3 is 0 Å². The second-order valence-electron chi connectivity index (χ2n) is 2.65. The molecule has 1 rings (SSSR count). The molecule has 0 aliphatic rings. The Morgan fingerprint density at radius 2 is 2.13 bits per heavy atom. The molecule has 1 aromatic rings. The van der Waals surface area contributed by atoms with E-state index >= 15 is 0 Å². The lowest BCUT2D eigenvalue weighted by atomic mass is 10.2. The van der Waals surface area contributed by atoms with Crippen molar-refractivity contribution in [1.82, 2.24) is 5.09 Å². The van der Waals surface area contributed by atoms with Gasteiger partial charge in [0.1, 0.15) is 0 Å². The second kappa shape index (κ2) is 4.36. The third-order valence-electron chi connectivity index (χ3n) is 1.41. The monoisotopic (exact) mass is 255 g/mol. The van der Waals surface area contributed by atoms with Crippen LogP contribution in [0.1, 0.15) is 21.7 Å². The third kappa shape index (κ3) is 3.35. The van der Waals surface area contributed by atoms with Crippen molar-refractivity contribution in [2.45, 2.75) is 6.43 Å². The van der Waals surface area contributed by atoms with Crippen LogP contribution in [0.4, 0.5) is 8.78 Å². The van der Waals surface area contributed by atoms with Crippen LogP contribution in [0, 0.1) is 0 Å². The first-order chi connectivity index (χ1) is 6.81. The fourth-order valence-electron chi connectivity index (χ4n) is 0.896. The van der Waals surface area contributed by atoms with Gasteiger partial charge >= 0.3 is 7.59 Å². The number of nitrogens with one attached hydrogen (secondary N) is 1. The molecule has 0 aliphatic carbocycles. The Kier molecular flexibility index (Phi) is 3.56. The van der Waals surface area contributed by atoms with Gasteiger partial charge in [0.25, 0.3) is 12.3 Å². The highest BCUT2D eigenvalue weighted by Gasteiger charge is 2.22. The van der Waals surface area contributed by atoms with E-state index in [1.807, 2.05) is 0 Å². The van der Waals surface area contributed by atoms with E-state index in [0.717, 1.165) is 11.3 Å². The van der Waals surface area contributed by atoms with E-state index in [2.05, 4.69) is 0 Å². The zero-order valence-corrected chi connectivity index (χ0v) is 9.03. The molecule has 5 N–H and O–H groups in total. The van der Waals surface area contributed by atoms with Crippen LogP contribution in [0.25, 0.3) is 0 Å². The van der Waals surface area contributed by atoms with Gasteiger partial charge in [-0.2, -0.15) is 0 Å². The molecule has 0 saturated carbocycles. The second-order valence-corrected chi connectivity index (χ2v) is 5.24. The van der Waals surface area contributed by atoms with Crippen molar-refractivity contribution >= 4 is 24.8 Å². The summed E-state index contributed by atoms with van der Waals surface area (Å²) < 4.78 is 35.5. The molecular formula is C6H8F2N3O2PS. The molecule has 0 radical (unpaired) electrons. The van der Waals surface area contributed by atoms with Crippen molar-refractivity contribution in [2.75, 3.05) is 0 Å². The molecular weight excluding hydrogens is 247 g/mol. The molecule has 1 amide bonds. The highest BCUT2D eigenvalue weighted by Crippen LogP contribution is 2.29. The number of carbonyl (C=O) groups is 1. The van der Waals surface area contributed by atoms with Gasteiger partial charge in [0, 0.05) is 0 Å². The fourth-order valence-corrected chi connectivity index (χ4v) is 2.08. The van der Waals surface area contributed by atoms with E-state index in [9.17, 15) is 18.1 Å². The number of halogens is 2. The molecule has 0 aliphatic heterocycles. The molecule has 0 saturated heterocycles. The predicted molar refractivity (Wildman–Crippen MR) is 52.7 cm³/mol. The van der Waals surface area contributed by atoms with Crippen LogP contribution in [0.15, 0.2) is 11.4 Å². The molecule has 15 heavy (non-hydrogen) atoms. The fraction of sp³-hybridized carbons (Fsp3) is 0.167. The van der Waals surface area contributed by atoms with E-state index in [0.29, 0.717) is 0 Å². The Hall–Kier alpha value is -0.820. The zero-order chi connectivity index (χ0) is 11.6. The maximum absolute atomic E-state index is 12.4. The van der Waals surface area contributed by atoms with E-state index in [1.165, 1.54) is 11.4 Å². The molecule has 1 aromatic heterocycles. The smallest absolute Gasteiger partial charge is 0.279 e. The van der Waals surface area contributed by atoms with Gasteiger partial charge in [0.2, 0.25) is 0 Å². The topological polar surface area (TPSA) is 98.2 Å². The molecule has 0 unspecified atom stereocenters. The van der Waals surface area contributed by atoms with Crippen LogP contribution < -0.4 is 16.1 Å². The first-order valence-corrected chi connectivity index (χ1v) is 6.39. The summed E-state index contributed by atoms with van der Waals surface area (Å²) in [4.78, 5) is 10.9. The average molecular weight is 255 g/mol. The van der Waals surface area contributed by atoms with Crippen LogP contribution in [0.5, 0.6) is 0 Å². The van der Waals surface area contributed by atoms with Gasteiger partial charge in [-0.05, 0) is 11.4 Å². The maximum Gasteiger partial charge on any atom is 0.300 e.